The first-order valence-electron chi connectivity index (χ1n) is 8.20. The van der Waals surface area contributed by atoms with Crippen molar-refractivity contribution >= 4 is 5.91 Å². The van der Waals surface area contributed by atoms with E-state index < -0.39 is 0 Å². The SMILES string of the molecule is COc1ccc(CC(=O)NCCn2ccnc2C2CC2)cc1OC. The number of ether oxygens (including phenoxy) is 2. The molecule has 6 nitrogen and oxygen atoms in total. The van der Waals surface area contributed by atoms with Crippen LogP contribution in [0.3, 0.4) is 0 Å². The summed E-state index contributed by atoms with van der Waals surface area (Å²) in [5, 5.41) is 2.96. The topological polar surface area (TPSA) is 65.4 Å². The molecule has 1 N–H and O–H groups in total. The van der Waals surface area contributed by atoms with Gasteiger partial charge >= 0.3 is 0 Å². The van der Waals surface area contributed by atoms with Crippen LogP contribution in [0.5, 0.6) is 11.5 Å². The minimum Gasteiger partial charge on any atom is -0.493 e. The van der Waals surface area contributed by atoms with E-state index in [1.807, 2.05) is 30.6 Å². The van der Waals surface area contributed by atoms with Gasteiger partial charge in [0.15, 0.2) is 11.5 Å². The molecule has 24 heavy (non-hydrogen) atoms. The fourth-order valence-corrected chi connectivity index (χ4v) is 2.77. The van der Waals surface area contributed by atoms with Gasteiger partial charge in [0.1, 0.15) is 5.82 Å². The Hall–Kier alpha value is -2.50. The first kappa shape index (κ1) is 16.4. The van der Waals surface area contributed by atoms with Crippen molar-refractivity contribution in [1.82, 2.24) is 14.9 Å². The average molecular weight is 329 g/mol. The van der Waals surface area contributed by atoms with Crippen LogP contribution >= 0.6 is 0 Å². The molecule has 2 aromatic rings. The van der Waals surface area contributed by atoms with Crippen LogP contribution in [0.4, 0.5) is 0 Å². The molecule has 1 fully saturated rings. The van der Waals surface area contributed by atoms with Gasteiger partial charge in [0.05, 0.1) is 20.6 Å². The normalized spacial score (nSPS) is 13.6. The summed E-state index contributed by atoms with van der Waals surface area (Å²) >= 11 is 0. The number of imidazole rings is 1. The van der Waals surface area contributed by atoms with E-state index in [0.29, 0.717) is 30.4 Å². The van der Waals surface area contributed by atoms with Gasteiger partial charge in [-0.1, -0.05) is 6.07 Å². The van der Waals surface area contributed by atoms with E-state index >= 15 is 0 Å². The van der Waals surface area contributed by atoms with Crippen LogP contribution in [-0.4, -0.2) is 36.2 Å². The Kier molecular flexibility index (Phi) is 5.03. The quantitative estimate of drug-likeness (QED) is 0.806. The first-order chi connectivity index (χ1) is 11.7. The van der Waals surface area contributed by atoms with Crippen molar-refractivity contribution in [2.45, 2.75) is 31.7 Å². The third kappa shape index (κ3) is 3.88. The fourth-order valence-electron chi connectivity index (χ4n) is 2.77. The highest BCUT2D eigenvalue weighted by molar-refractivity contribution is 5.78. The number of methoxy groups -OCH3 is 2. The molecule has 1 aliphatic rings. The molecule has 0 atom stereocenters. The van der Waals surface area contributed by atoms with Gasteiger partial charge in [0.2, 0.25) is 5.91 Å². The maximum absolute atomic E-state index is 12.1. The van der Waals surface area contributed by atoms with Crippen molar-refractivity contribution in [3.63, 3.8) is 0 Å². The summed E-state index contributed by atoms with van der Waals surface area (Å²) in [6.07, 6.45) is 6.58. The number of carbonyl (C=O) groups excluding carboxylic acids is 1. The molecule has 1 aromatic carbocycles. The highest BCUT2D eigenvalue weighted by Crippen LogP contribution is 2.38. The Balaban J connectivity index is 1.49. The molecule has 1 amide bonds. The molecule has 1 heterocycles. The van der Waals surface area contributed by atoms with Crippen LogP contribution < -0.4 is 14.8 Å². The van der Waals surface area contributed by atoms with E-state index in [2.05, 4.69) is 14.9 Å². The molecule has 3 rings (SSSR count). The highest BCUT2D eigenvalue weighted by atomic mass is 16.5. The van der Waals surface area contributed by atoms with E-state index in [1.54, 1.807) is 14.2 Å². The van der Waals surface area contributed by atoms with Crippen LogP contribution in [0, 0.1) is 0 Å². The summed E-state index contributed by atoms with van der Waals surface area (Å²) in [6, 6.07) is 5.52. The summed E-state index contributed by atoms with van der Waals surface area (Å²) < 4.78 is 12.6. The van der Waals surface area contributed by atoms with Crippen LogP contribution in [0.25, 0.3) is 0 Å². The zero-order valence-corrected chi connectivity index (χ0v) is 14.1. The lowest BCUT2D eigenvalue weighted by atomic mass is 10.1. The van der Waals surface area contributed by atoms with Crippen molar-refractivity contribution in [2.75, 3.05) is 20.8 Å². The number of rotatable bonds is 8. The lowest BCUT2D eigenvalue weighted by Gasteiger charge is -2.11. The first-order valence-corrected chi connectivity index (χ1v) is 8.20. The minimum absolute atomic E-state index is 0.00435. The number of benzene rings is 1. The number of hydrogen-bond donors (Lipinski definition) is 1. The number of nitrogens with one attached hydrogen (secondary N) is 1. The maximum Gasteiger partial charge on any atom is 0.224 e. The maximum atomic E-state index is 12.1. The summed E-state index contributed by atoms with van der Waals surface area (Å²) in [5.74, 6) is 3.05. The second-order valence-corrected chi connectivity index (χ2v) is 5.97. The molecule has 0 radical (unpaired) electrons. The monoisotopic (exact) mass is 329 g/mol. The van der Waals surface area contributed by atoms with Crippen LogP contribution in [0.1, 0.15) is 30.1 Å². The van der Waals surface area contributed by atoms with E-state index in [-0.39, 0.29) is 5.91 Å². The largest absolute Gasteiger partial charge is 0.493 e. The molecule has 1 saturated carbocycles. The minimum atomic E-state index is -0.00435. The van der Waals surface area contributed by atoms with E-state index in [9.17, 15) is 4.79 Å². The smallest absolute Gasteiger partial charge is 0.224 e. The van der Waals surface area contributed by atoms with Gasteiger partial charge in [-0.2, -0.15) is 0 Å². The van der Waals surface area contributed by atoms with Crippen molar-refractivity contribution in [3.8, 4) is 11.5 Å². The van der Waals surface area contributed by atoms with Gasteiger partial charge in [-0.25, -0.2) is 4.98 Å². The standard InChI is InChI=1S/C18H23N3O3/c1-23-15-6-3-13(11-16(15)24-2)12-17(22)19-7-9-21-10-8-20-18(21)14-4-5-14/h3,6,8,10-11,14H,4-5,7,9,12H2,1-2H3,(H,19,22). The van der Waals surface area contributed by atoms with Gasteiger partial charge < -0.3 is 19.4 Å². The Bertz CT molecular complexity index is 707. The molecule has 0 aliphatic heterocycles. The van der Waals surface area contributed by atoms with Crippen molar-refractivity contribution < 1.29 is 14.3 Å². The molecule has 0 unspecified atom stereocenters. The predicted molar refractivity (Wildman–Crippen MR) is 90.5 cm³/mol. The number of nitrogens with zero attached hydrogens (tertiary/aromatic N) is 2. The number of carbonyl (C=O) groups is 1. The Morgan fingerprint density at radius 1 is 1.29 bits per heavy atom. The summed E-state index contributed by atoms with van der Waals surface area (Å²) in [7, 11) is 3.18. The molecule has 0 saturated heterocycles. The molecule has 0 bridgehead atoms. The van der Waals surface area contributed by atoms with Gasteiger partial charge in [0, 0.05) is 31.4 Å². The third-order valence-corrected chi connectivity index (χ3v) is 4.18. The molecule has 1 aliphatic carbocycles. The molecule has 128 valence electrons. The summed E-state index contributed by atoms with van der Waals surface area (Å²) in [4.78, 5) is 16.5. The number of hydrogen-bond acceptors (Lipinski definition) is 4. The number of aromatic nitrogens is 2. The average Bonchev–Trinajstić information content (AvgIpc) is 3.33. The van der Waals surface area contributed by atoms with Crippen LogP contribution in [-0.2, 0) is 17.8 Å². The van der Waals surface area contributed by atoms with Gasteiger partial charge in [-0.05, 0) is 30.5 Å². The predicted octanol–water partition coefficient (Wildman–Crippen LogP) is 2.14. The van der Waals surface area contributed by atoms with E-state index in [4.69, 9.17) is 9.47 Å². The fraction of sp³-hybridized carbons (Fsp3) is 0.444. The van der Waals surface area contributed by atoms with E-state index in [0.717, 1.165) is 17.9 Å². The van der Waals surface area contributed by atoms with E-state index in [1.165, 1.54) is 12.8 Å². The van der Waals surface area contributed by atoms with Crippen molar-refractivity contribution in [2.24, 2.45) is 0 Å². The lowest BCUT2D eigenvalue weighted by molar-refractivity contribution is -0.120. The van der Waals surface area contributed by atoms with Gasteiger partial charge in [-0.3, -0.25) is 4.79 Å². The zero-order chi connectivity index (χ0) is 16.9. The van der Waals surface area contributed by atoms with Crippen molar-refractivity contribution in [3.05, 3.63) is 42.0 Å². The molecule has 1 aromatic heterocycles. The Morgan fingerprint density at radius 2 is 2.08 bits per heavy atom. The Morgan fingerprint density at radius 3 is 2.79 bits per heavy atom. The third-order valence-electron chi connectivity index (χ3n) is 4.18. The second kappa shape index (κ2) is 7.38. The molecule has 0 spiro atoms. The lowest BCUT2D eigenvalue weighted by Crippen LogP contribution is -2.28. The van der Waals surface area contributed by atoms with Gasteiger partial charge in [-0.15, -0.1) is 0 Å². The zero-order valence-electron chi connectivity index (χ0n) is 14.1. The molecule has 6 heteroatoms. The van der Waals surface area contributed by atoms with Crippen LogP contribution in [0.2, 0.25) is 0 Å². The molecular formula is C18H23N3O3. The Labute approximate surface area is 141 Å². The van der Waals surface area contributed by atoms with Crippen LogP contribution in [0.15, 0.2) is 30.6 Å². The van der Waals surface area contributed by atoms with Gasteiger partial charge in [0.25, 0.3) is 0 Å². The van der Waals surface area contributed by atoms with Crippen molar-refractivity contribution in [1.29, 1.82) is 0 Å². The second-order valence-electron chi connectivity index (χ2n) is 5.97. The molecular weight excluding hydrogens is 306 g/mol. The summed E-state index contributed by atoms with van der Waals surface area (Å²) in [6.45, 7) is 1.35. The summed E-state index contributed by atoms with van der Waals surface area (Å²) in [5.41, 5.74) is 0.895. The number of amides is 1. The highest BCUT2D eigenvalue weighted by Gasteiger charge is 2.27.